The molecule has 1 heterocycles. The van der Waals surface area contributed by atoms with E-state index < -0.39 is 21.9 Å². The molecule has 7 nitrogen and oxygen atoms in total. The van der Waals surface area contributed by atoms with E-state index in [0.29, 0.717) is 35.7 Å². The summed E-state index contributed by atoms with van der Waals surface area (Å²) in [4.78, 5) is 24.7. The van der Waals surface area contributed by atoms with E-state index in [2.05, 4.69) is 5.32 Å². The number of nitrogens with one attached hydrogen (secondary N) is 1. The first-order chi connectivity index (χ1) is 15.6. The Hall–Kier alpha value is -1.84. The highest BCUT2D eigenvalue weighted by Crippen LogP contribution is 2.27. The predicted octanol–water partition coefficient (Wildman–Crippen LogP) is 5.00. The van der Waals surface area contributed by atoms with Crippen molar-refractivity contribution in [2.45, 2.75) is 25.5 Å². The van der Waals surface area contributed by atoms with Gasteiger partial charge in [0.2, 0.25) is 15.9 Å². The zero-order valence-electron chi connectivity index (χ0n) is 17.8. The van der Waals surface area contributed by atoms with E-state index in [-0.39, 0.29) is 40.4 Å². The summed E-state index contributed by atoms with van der Waals surface area (Å²) < 4.78 is 32.2. The summed E-state index contributed by atoms with van der Waals surface area (Å²) in [7, 11) is -3.69. The fraction of sp³-hybridized carbons (Fsp3) is 0.364. The minimum atomic E-state index is -3.69. The molecule has 1 N–H and O–H groups in total. The van der Waals surface area contributed by atoms with Crippen LogP contribution < -0.4 is 5.32 Å². The van der Waals surface area contributed by atoms with Crippen LogP contribution in [0.25, 0.3) is 0 Å². The molecule has 0 spiro atoms. The first kappa shape index (κ1) is 25.8. The summed E-state index contributed by atoms with van der Waals surface area (Å²) in [6.45, 7) is 2.31. The molecule has 1 atom stereocenters. The summed E-state index contributed by atoms with van der Waals surface area (Å²) in [5.41, 5.74) is 1.06. The normalized spacial score (nSPS) is 16.9. The topological polar surface area (TPSA) is 92.8 Å². The van der Waals surface area contributed by atoms with Gasteiger partial charge in [-0.3, -0.25) is 4.79 Å². The zero-order valence-corrected chi connectivity index (χ0v) is 20.9. The van der Waals surface area contributed by atoms with Crippen LogP contribution in [0, 0.1) is 5.92 Å². The molecule has 1 amide bonds. The number of nitrogens with zero attached hydrogens (tertiary/aromatic N) is 1. The lowest BCUT2D eigenvalue weighted by Crippen LogP contribution is -2.44. The van der Waals surface area contributed by atoms with Crippen LogP contribution in [0.4, 0.5) is 5.69 Å². The number of halogens is 3. The second-order valence-corrected chi connectivity index (χ2v) is 10.8. The molecule has 1 aliphatic heterocycles. The average Bonchev–Trinajstić information content (AvgIpc) is 2.76. The molecule has 1 saturated heterocycles. The van der Waals surface area contributed by atoms with Crippen molar-refractivity contribution >= 4 is 62.4 Å². The zero-order chi connectivity index (χ0) is 24.2. The fourth-order valence-electron chi connectivity index (χ4n) is 3.55. The van der Waals surface area contributed by atoms with E-state index >= 15 is 0 Å². The van der Waals surface area contributed by atoms with Gasteiger partial charge in [0.05, 0.1) is 28.9 Å². The Labute approximate surface area is 208 Å². The van der Waals surface area contributed by atoms with Crippen LogP contribution >= 0.6 is 34.8 Å². The molecule has 1 unspecified atom stereocenters. The van der Waals surface area contributed by atoms with E-state index in [1.807, 2.05) is 0 Å². The van der Waals surface area contributed by atoms with Crippen molar-refractivity contribution in [2.24, 2.45) is 5.92 Å². The molecule has 1 aliphatic rings. The molecule has 11 heteroatoms. The molecule has 0 aromatic heterocycles. The fourth-order valence-corrected chi connectivity index (χ4v) is 6.00. The number of hydrogen-bond acceptors (Lipinski definition) is 5. The largest absolute Gasteiger partial charge is 0.462 e. The van der Waals surface area contributed by atoms with Crippen molar-refractivity contribution in [3.05, 3.63) is 62.6 Å². The van der Waals surface area contributed by atoms with E-state index in [1.165, 1.54) is 22.5 Å². The Bertz CT molecular complexity index is 1160. The number of rotatable bonds is 7. The number of ether oxygens (including phenoxy) is 1. The molecule has 0 saturated carbocycles. The van der Waals surface area contributed by atoms with Crippen LogP contribution in [0.1, 0.15) is 35.7 Å². The number of hydrogen-bond donors (Lipinski definition) is 1. The van der Waals surface area contributed by atoms with Crippen LogP contribution in [-0.2, 0) is 25.3 Å². The molecule has 1 fully saturated rings. The molecule has 3 rings (SSSR count). The van der Waals surface area contributed by atoms with Gasteiger partial charge in [0.1, 0.15) is 0 Å². The van der Waals surface area contributed by atoms with E-state index in [9.17, 15) is 18.0 Å². The van der Waals surface area contributed by atoms with Crippen molar-refractivity contribution < 1.29 is 22.7 Å². The lowest BCUT2D eigenvalue weighted by Gasteiger charge is -2.31. The predicted molar refractivity (Wildman–Crippen MR) is 129 cm³/mol. The molecule has 2 aromatic carbocycles. The Morgan fingerprint density at radius 2 is 1.88 bits per heavy atom. The lowest BCUT2D eigenvalue weighted by molar-refractivity contribution is -0.120. The number of sulfonamides is 1. The third kappa shape index (κ3) is 6.61. The third-order valence-electron chi connectivity index (χ3n) is 5.23. The number of carbonyl (C=O) groups excluding carboxylic acids is 2. The van der Waals surface area contributed by atoms with Crippen molar-refractivity contribution in [3.8, 4) is 0 Å². The summed E-state index contributed by atoms with van der Waals surface area (Å²) in [6.07, 6.45) is 1.10. The van der Waals surface area contributed by atoms with Gasteiger partial charge in [-0.05, 0) is 55.7 Å². The van der Waals surface area contributed by atoms with E-state index in [0.717, 1.165) is 0 Å². The molecule has 2 aromatic rings. The highest BCUT2D eigenvalue weighted by Gasteiger charge is 2.33. The van der Waals surface area contributed by atoms with Gasteiger partial charge in [-0.15, -0.1) is 0 Å². The summed E-state index contributed by atoms with van der Waals surface area (Å²) in [5.74, 6) is -1.67. The molecule has 178 valence electrons. The number of esters is 1. The molecular weight excluding hydrogens is 511 g/mol. The highest BCUT2D eigenvalue weighted by atomic mass is 35.5. The first-order valence-corrected chi connectivity index (χ1v) is 13.0. The maximum Gasteiger partial charge on any atom is 0.339 e. The first-order valence-electron chi connectivity index (χ1n) is 10.3. The minimum absolute atomic E-state index is 0.0635. The third-order valence-corrected chi connectivity index (χ3v) is 7.93. The number of piperidine rings is 1. The maximum atomic E-state index is 13.0. The molecule has 0 radical (unpaired) electrons. The van der Waals surface area contributed by atoms with E-state index in [4.69, 9.17) is 39.5 Å². The van der Waals surface area contributed by atoms with Crippen LogP contribution in [0.3, 0.4) is 0 Å². The van der Waals surface area contributed by atoms with Gasteiger partial charge in [-0.1, -0.05) is 40.9 Å². The standard InChI is InChI=1S/C22H23Cl3N2O5S/c1-2-32-22(29)18-8-7-17(11-20(18)25)26-21(28)14-4-3-9-27(12-14)33(30,31)13-15-5-6-16(23)10-19(15)24/h5-8,10-11,14H,2-4,9,12-13H2,1H3,(H,26,28). The van der Waals surface area contributed by atoms with E-state index in [1.54, 1.807) is 25.1 Å². The van der Waals surface area contributed by atoms with Crippen molar-refractivity contribution in [3.63, 3.8) is 0 Å². The van der Waals surface area contributed by atoms with Crippen molar-refractivity contribution in [2.75, 3.05) is 25.0 Å². The summed E-state index contributed by atoms with van der Waals surface area (Å²) in [5, 5.41) is 3.61. The van der Waals surface area contributed by atoms with Crippen molar-refractivity contribution in [1.29, 1.82) is 0 Å². The van der Waals surface area contributed by atoms with Gasteiger partial charge in [0, 0.05) is 28.8 Å². The number of amides is 1. The van der Waals surface area contributed by atoms with Gasteiger partial charge < -0.3 is 10.1 Å². The SMILES string of the molecule is CCOC(=O)c1ccc(NC(=O)C2CCCN(S(=O)(=O)Cc3ccc(Cl)cc3Cl)C2)cc1Cl. The summed E-state index contributed by atoms with van der Waals surface area (Å²) in [6, 6.07) is 9.16. The van der Waals surface area contributed by atoms with Gasteiger partial charge in [0.15, 0.2) is 0 Å². The summed E-state index contributed by atoms with van der Waals surface area (Å²) >= 11 is 18.2. The van der Waals surface area contributed by atoms with Crippen molar-refractivity contribution in [1.82, 2.24) is 4.31 Å². The van der Waals surface area contributed by atoms with Crippen LogP contribution in [0.2, 0.25) is 15.1 Å². The smallest absolute Gasteiger partial charge is 0.339 e. The quantitative estimate of drug-likeness (QED) is 0.505. The van der Waals surface area contributed by atoms with Crippen LogP contribution in [0.15, 0.2) is 36.4 Å². The Balaban J connectivity index is 1.66. The second kappa shape index (κ2) is 11.1. The minimum Gasteiger partial charge on any atom is -0.462 e. The molecule has 0 bridgehead atoms. The Morgan fingerprint density at radius 3 is 2.55 bits per heavy atom. The monoisotopic (exact) mass is 532 g/mol. The average molecular weight is 534 g/mol. The molecular formula is C22H23Cl3N2O5S. The lowest BCUT2D eigenvalue weighted by atomic mass is 9.98. The Morgan fingerprint density at radius 1 is 1.12 bits per heavy atom. The number of carbonyl (C=O) groups is 2. The molecule has 0 aliphatic carbocycles. The van der Waals surface area contributed by atoms with Gasteiger partial charge in [0.25, 0.3) is 0 Å². The van der Waals surface area contributed by atoms with Gasteiger partial charge >= 0.3 is 5.97 Å². The number of benzene rings is 2. The Kier molecular flexibility index (Phi) is 8.64. The van der Waals surface area contributed by atoms with Crippen LogP contribution in [0.5, 0.6) is 0 Å². The second-order valence-electron chi connectivity index (χ2n) is 7.59. The maximum absolute atomic E-state index is 13.0. The van der Waals surface area contributed by atoms with Gasteiger partial charge in [-0.2, -0.15) is 0 Å². The molecule has 33 heavy (non-hydrogen) atoms. The number of anilines is 1. The van der Waals surface area contributed by atoms with Crippen LogP contribution in [-0.4, -0.2) is 44.3 Å². The van der Waals surface area contributed by atoms with Gasteiger partial charge in [-0.25, -0.2) is 17.5 Å². The highest BCUT2D eigenvalue weighted by molar-refractivity contribution is 7.88.